The summed E-state index contributed by atoms with van der Waals surface area (Å²) in [6, 6.07) is 9.58. The van der Waals surface area contributed by atoms with Crippen LogP contribution in [0.15, 0.2) is 47.9 Å². The average Bonchev–Trinajstić information content (AvgIpc) is 3.24. The lowest BCUT2D eigenvalue weighted by molar-refractivity contribution is -0.132. The van der Waals surface area contributed by atoms with Crippen molar-refractivity contribution in [3.63, 3.8) is 0 Å². The van der Waals surface area contributed by atoms with Crippen LogP contribution >= 0.6 is 23.4 Å². The normalized spacial score (nSPS) is 15.7. The van der Waals surface area contributed by atoms with Crippen molar-refractivity contribution in [2.75, 3.05) is 32.7 Å². The highest BCUT2D eigenvalue weighted by Crippen LogP contribution is 2.33. The molecule has 4 rings (SSSR count). The molecule has 1 amide bonds. The monoisotopic (exact) mass is 470 g/mol. The van der Waals surface area contributed by atoms with Crippen molar-refractivity contribution in [1.29, 1.82) is 0 Å². The Bertz CT molecular complexity index is 1080. The lowest BCUT2D eigenvalue weighted by Gasteiger charge is -2.35. The van der Waals surface area contributed by atoms with Gasteiger partial charge in [0.1, 0.15) is 0 Å². The van der Waals surface area contributed by atoms with E-state index in [0.717, 1.165) is 49.5 Å². The van der Waals surface area contributed by atoms with Gasteiger partial charge in [0, 0.05) is 49.2 Å². The van der Waals surface area contributed by atoms with Gasteiger partial charge in [0.2, 0.25) is 5.91 Å². The molecule has 1 saturated heterocycles. The molecule has 2 aromatic heterocycles. The van der Waals surface area contributed by atoms with Crippen molar-refractivity contribution >= 4 is 29.3 Å². The molecule has 0 radical (unpaired) electrons. The van der Waals surface area contributed by atoms with E-state index >= 15 is 0 Å². The van der Waals surface area contributed by atoms with Crippen LogP contribution in [-0.4, -0.2) is 73.4 Å². The number of carbonyl (C=O) groups is 1. The van der Waals surface area contributed by atoms with Crippen molar-refractivity contribution in [3.8, 4) is 17.1 Å². The van der Waals surface area contributed by atoms with Gasteiger partial charge in [0.15, 0.2) is 11.0 Å². The number of amides is 1. The molecule has 1 aromatic carbocycles. The summed E-state index contributed by atoms with van der Waals surface area (Å²) in [5.74, 6) is 0.824. The Morgan fingerprint density at radius 1 is 1.12 bits per heavy atom. The van der Waals surface area contributed by atoms with Crippen LogP contribution in [0, 0.1) is 6.92 Å². The van der Waals surface area contributed by atoms with Crippen LogP contribution in [0.4, 0.5) is 0 Å². The lowest BCUT2D eigenvalue weighted by Crippen LogP contribution is -2.50. The number of hydrogen-bond donors (Lipinski definition) is 0. The van der Waals surface area contributed by atoms with Gasteiger partial charge in [-0.05, 0) is 50.2 Å². The summed E-state index contributed by atoms with van der Waals surface area (Å²) >= 11 is 7.86. The van der Waals surface area contributed by atoms with Crippen LogP contribution in [0.2, 0.25) is 5.02 Å². The third-order valence-corrected chi connectivity index (χ3v) is 7.25. The van der Waals surface area contributed by atoms with Crippen LogP contribution in [0.3, 0.4) is 0 Å². The number of carbonyl (C=O) groups excluding carboxylic acids is 1. The van der Waals surface area contributed by atoms with Gasteiger partial charge in [-0.1, -0.05) is 36.4 Å². The zero-order chi connectivity index (χ0) is 22.7. The molecule has 1 unspecified atom stereocenters. The second-order valence-corrected chi connectivity index (χ2v) is 9.50. The first-order valence-corrected chi connectivity index (χ1v) is 12.0. The minimum atomic E-state index is -0.282. The highest BCUT2D eigenvalue weighted by atomic mass is 35.5. The van der Waals surface area contributed by atoms with Gasteiger partial charge in [-0.25, -0.2) is 0 Å². The number of halogens is 1. The predicted molar refractivity (Wildman–Crippen MR) is 128 cm³/mol. The van der Waals surface area contributed by atoms with E-state index in [4.69, 9.17) is 11.6 Å². The zero-order valence-corrected chi connectivity index (χ0v) is 20.1. The quantitative estimate of drug-likeness (QED) is 0.508. The van der Waals surface area contributed by atoms with Gasteiger partial charge in [-0.2, -0.15) is 0 Å². The maximum absolute atomic E-state index is 13.1. The number of hydrogen-bond acceptors (Lipinski definition) is 6. The maximum Gasteiger partial charge on any atom is 0.235 e. The minimum Gasteiger partial charge on any atom is -0.339 e. The van der Waals surface area contributed by atoms with Gasteiger partial charge >= 0.3 is 0 Å². The summed E-state index contributed by atoms with van der Waals surface area (Å²) in [7, 11) is 0. The Hall–Kier alpha value is -2.42. The summed E-state index contributed by atoms with van der Waals surface area (Å²) in [6.07, 6.45) is 3.46. The van der Waals surface area contributed by atoms with E-state index in [0.29, 0.717) is 16.0 Å². The second-order valence-electron chi connectivity index (χ2n) is 7.78. The number of rotatable bonds is 6. The first kappa shape index (κ1) is 22.8. The molecule has 9 heteroatoms. The van der Waals surface area contributed by atoms with Gasteiger partial charge in [0.25, 0.3) is 0 Å². The lowest BCUT2D eigenvalue weighted by atomic mass is 10.2. The first-order valence-electron chi connectivity index (χ1n) is 10.8. The number of likely N-dealkylation sites (N-methyl/N-ethyl adjacent to an activating group) is 1. The predicted octanol–water partition coefficient (Wildman–Crippen LogP) is 3.94. The topological polar surface area (TPSA) is 67.2 Å². The largest absolute Gasteiger partial charge is 0.339 e. The van der Waals surface area contributed by atoms with Crippen LogP contribution in [0.1, 0.15) is 19.4 Å². The second kappa shape index (κ2) is 10.0. The fourth-order valence-electron chi connectivity index (χ4n) is 3.84. The van der Waals surface area contributed by atoms with Crippen molar-refractivity contribution < 1.29 is 4.79 Å². The molecule has 3 aromatic rings. The molecule has 0 bridgehead atoms. The Morgan fingerprint density at radius 3 is 2.53 bits per heavy atom. The number of benzene rings is 1. The van der Waals surface area contributed by atoms with E-state index in [1.54, 1.807) is 12.4 Å². The van der Waals surface area contributed by atoms with Crippen molar-refractivity contribution in [1.82, 2.24) is 29.5 Å². The van der Waals surface area contributed by atoms with E-state index in [1.807, 2.05) is 53.6 Å². The number of piperazine rings is 1. The molecule has 1 fully saturated rings. The molecule has 1 aliphatic heterocycles. The Kier molecular flexibility index (Phi) is 7.13. The van der Waals surface area contributed by atoms with Crippen molar-refractivity contribution in [3.05, 3.63) is 53.3 Å². The highest BCUT2D eigenvalue weighted by Gasteiger charge is 2.28. The third kappa shape index (κ3) is 4.67. The first-order chi connectivity index (χ1) is 15.5. The average molecular weight is 471 g/mol. The number of aromatic nitrogens is 4. The van der Waals surface area contributed by atoms with Gasteiger partial charge < -0.3 is 9.80 Å². The summed E-state index contributed by atoms with van der Waals surface area (Å²) in [5, 5.41) is 9.99. The van der Waals surface area contributed by atoms with Crippen molar-refractivity contribution in [2.45, 2.75) is 31.2 Å². The van der Waals surface area contributed by atoms with E-state index in [1.165, 1.54) is 11.8 Å². The number of pyridine rings is 1. The maximum atomic E-state index is 13.1. The minimum absolute atomic E-state index is 0.133. The molecule has 7 nitrogen and oxygen atoms in total. The molecule has 3 heterocycles. The van der Waals surface area contributed by atoms with Crippen molar-refractivity contribution in [2.24, 2.45) is 0 Å². The molecular formula is C23H27ClN6OS. The van der Waals surface area contributed by atoms with E-state index in [-0.39, 0.29) is 11.2 Å². The third-order valence-electron chi connectivity index (χ3n) is 5.81. The number of nitrogens with zero attached hydrogens (tertiary/aromatic N) is 6. The molecule has 32 heavy (non-hydrogen) atoms. The molecule has 0 saturated carbocycles. The molecule has 0 spiro atoms. The standard InChI is InChI=1S/C23H27ClN6OS/c1-4-28-12-14-29(15-13-28)22(31)17(3)32-23-27-26-21(18-8-10-25-11-9-18)30(23)20-7-5-6-19(24)16(20)2/h5-11,17H,4,12-15H2,1-3H3. The van der Waals surface area contributed by atoms with Crippen LogP contribution < -0.4 is 0 Å². The smallest absolute Gasteiger partial charge is 0.235 e. The van der Waals surface area contributed by atoms with Crippen LogP contribution in [0.5, 0.6) is 0 Å². The van der Waals surface area contributed by atoms with E-state index < -0.39 is 0 Å². The number of thioether (sulfide) groups is 1. The SMILES string of the molecule is CCN1CCN(C(=O)C(C)Sc2nnc(-c3ccncc3)n2-c2cccc(Cl)c2C)CC1. The molecular weight excluding hydrogens is 444 g/mol. The molecule has 1 atom stereocenters. The Morgan fingerprint density at radius 2 is 1.84 bits per heavy atom. The Labute approximate surface area is 197 Å². The zero-order valence-electron chi connectivity index (χ0n) is 18.5. The molecule has 0 aliphatic carbocycles. The molecule has 0 N–H and O–H groups in total. The molecule has 1 aliphatic rings. The highest BCUT2D eigenvalue weighted by molar-refractivity contribution is 8.00. The van der Waals surface area contributed by atoms with Crippen LogP contribution in [0.25, 0.3) is 17.1 Å². The molecule has 168 valence electrons. The summed E-state index contributed by atoms with van der Waals surface area (Å²) in [5.41, 5.74) is 2.72. The summed E-state index contributed by atoms with van der Waals surface area (Å²) < 4.78 is 1.99. The fourth-order valence-corrected chi connectivity index (χ4v) is 4.95. The summed E-state index contributed by atoms with van der Waals surface area (Å²) in [4.78, 5) is 21.6. The van der Waals surface area contributed by atoms with Crippen LogP contribution in [-0.2, 0) is 4.79 Å². The Balaban J connectivity index is 1.65. The van der Waals surface area contributed by atoms with Gasteiger partial charge in [-0.3, -0.25) is 14.3 Å². The fraction of sp³-hybridized carbons (Fsp3) is 0.391. The van der Waals surface area contributed by atoms with Gasteiger partial charge in [0.05, 0.1) is 10.9 Å². The summed E-state index contributed by atoms with van der Waals surface area (Å²) in [6.45, 7) is 10.5. The van der Waals surface area contributed by atoms with E-state index in [9.17, 15) is 4.79 Å². The van der Waals surface area contributed by atoms with E-state index in [2.05, 4.69) is 27.0 Å². The van der Waals surface area contributed by atoms with Gasteiger partial charge in [-0.15, -0.1) is 10.2 Å².